The van der Waals surface area contributed by atoms with Gasteiger partial charge < -0.3 is 14.2 Å². The van der Waals surface area contributed by atoms with E-state index < -0.39 is 6.16 Å². The van der Waals surface area contributed by atoms with E-state index in [-0.39, 0.29) is 6.61 Å². The first kappa shape index (κ1) is 11.4. The fraction of sp³-hybridized carbons (Fsp3) is 0.364. The molecule has 0 aliphatic rings. The van der Waals surface area contributed by atoms with Gasteiger partial charge in [0.25, 0.3) is 0 Å². The van der Waals surface area contributed by atoms with E-state index in [0.717, 1.165) is 16.9 Å². The molecular weight excluding hydrogens is 196 g/mol. The summed E-state index contributed by atoms with van der Waals surface area (Å²) < 4.78 is 14.3. The van der Waals surface area contributed by atoms with Crippen LogP contribution >= 0.6 is 0 Å². The first-order valence-electron chi connectivity index (χ1n) is 4.51. The van der Waals surface area contributed by atoms with Crippen LogP contribution in [-0.2, 0) is 16.1 Å². The van der Waals surface area contributed by atoms with Crippen LogP contribution in [0.2, 0.25) is 0 Å². The zero-order valence-corrected chi connectivity index (χ0v) is 9.07. The van der Waals surface area contributed by atoms with E-state index in [9.17, 15) is 4.79 Å². The summed E-state index contributed by atoms with van der Waals surface area (Å²) in [4.78, 5) is 10.8. The van der Waals surface area contributed by atoms with E-state index in [1.807, 2.05) is 25.1 Å². The Balaban J connectivity index is 2.70. The minimum absolute atomic E-state index is 0.190. The van der Waals surface area contributed by atoms with Crippen LogP contribution in [0.4, 0.5) is 4.79 Å². The third-order valence-corrected chi connectivity index (χ3v) is 2.07. The minimum Gasteiger partial charge on any atom is -0.497 e. The Kier molecular flexibility index (Phi) is 3.97. The van der Waals surface area contributed by atoms with Crippen molar-refractivity contribution >= 4 is 6.16 Å². The lowest BCUT2D eigenvalue weighted by molar-refractivity contribution is 0.0667. The molecule has 0 unspecified atom stereocenters. The highest BCUT2D eigenvalue weighted by molar-refractivity contribution is 5.59. The van der Waals surface area contributed by atoms with E-state index in [2.05, 4.69) is 4.74 Å². The fourth-order valence-electron chi connectivity index (χ4n) is 1.13. The molecule has 0 heterocycles. The normalized spacial score (nSPS) is 9.53. The topological polar surface area (TPSA) is 44.8 Å². The summed E-state index contributed by atoms with van der Waals surface area (Å²) in [5.41, 5.74) is 1.94. The highest BCUT2D eigenvalue weighted by Crippen LogP contribution is 2.17. The van der Waals surface area contributed by atoms with E-state index in [1.165, 1.54) is 7.11 Å². The van der Waals surface area contributed by atoms with Gasteiger partial charge in [0.1, 0.15) is 12.4 Å². The number of aryl methyl sites for hydroxylation is 1. The average molecular weight is 210 g/mol. The number of hydrogen-bond donors (Lipinski definition) is 0. The number of rotatable bonds is 3. The van der Waals surface area contributed by atoms with Crippen LogP contribution in [0.25, 0.3) is 0 Å². The van der Waals surface area contributed by atoms with Gasteiger partial charge in [-0.05, 0) is 30.2 Å². The summed E-state index contributed by atoms with van der Waals surface area (Å²) >= 11 is 0. The second kappa shape index (κ2) is 5.24. The summed E-state index contributed by atoms with van der Waals surface area (Å²) in [5.74, 6) is 0.740. The lowest BCUT2D eigenvalue weighted by Crippen LogP contribution is -2.05. The number of carbonyl (C=O) groups is 1. The Hall–Kier alpha value is -1.71. The summed E-state index contributed by atoms with van der Waals surface area (Å²) in [7, 11) is 2.87. The summed E-state index contributed by atoms with van der Waals surface area (Å²) in [5, 5.41) is 0. The zero-order valence-electron chi connectivity index (χ0n) is 9.07. The van der Waals surface area contributed by atoms with Crippen molar-refractivity contribution in [1.29, 1.82) is 0 Å². The van der Waals surface area contributed by atoms with Gasteiger partial charge in [-0.1, -0.05) is 6.07 Å². The van der Waals surface area contributed by atoms with Crippen LogP contribution < -0.4 is 4.74 Å². The SMILES string of the molecule is COC(=O)OCc1cc(OC)ccc1C. The van der Waals surface area contributed by atoms with Gasteiger partial charge in [0.15, 0.2) is 0 Å². The lowest BCUT2D eigenvalue weighted by Gasteiger charge is -2.08. The highest BCUT2D eigenvalue weighted by Gasteiger charge is 2.05. The van der Waals surface area contributed by atoms with E-state index in [1.54, 1.807) is 7.11 Å². The molecule has 0 radical (unpaired) electrons. The molecule has 0 amide bonds. The Morgan fingerprint density at radius 3 is 2.67 bits per heavy atom. The molecule has 4 heteroatoms. The largest absolute Gasteiger partial charge is 0.508 e. The predicted molar refractivity (Wildman–Crippen MR) is 54.9 cm³/mol. The van der Waals surface area contributed by atoms with Crippen molar-refractivity contribution in [1.82, 2.24) is 0 Å². The molecule has 15 heavy (non-hydrogen) atoms. The summed E-state index contributed by atoms with van der Waals surface area (Å²) in [6.45, 7) is 2.13. The van der Waals surface area contributed by atoms with Gasteiger partial charge in [0.2, 0.25) is 0 Å². The molecule has 0 aliphatic carbocycles. The molecule has 1 aromatic rings. The van der Waals surface area contributed by atoms with Crippen LogP contribution in [0.1, 0.15) is 11.1 Å². The molecule has 0 fully saturated rings. The standard InChI is InChI=1S/C11H14O4/c1-8-4-5-10(13-2)6-9(8)7-15-11(12)14-3/h4-6H,7H2,1-3H3. The molecule has 0 aliphatic heterocycles. The first-order valence-corrected chi connectivity index (χ1v) is 4.51. The van der Waals surface area contributed by atoms with Crippen molar-refractivity contribution in [3.05, 3.63) is 29.3 Å². The highest BCUT2D eigenvalue weighted by atomic mass is 16.7. The van der Waals surface area contributed by atoms with Crippen molar-refractivity contribution in [2.45, 2.75) is 13.5 Å². The average Bonchev–Trinajstić information content (AvgIpc) is 2.27. The maximum absolute atomic E-state index is 10.8. The smallest absolute Gasteiger partial charge is 0.497 e. The minimum atomic E-state index is -0.683. The molecule has 0 atom stereocenters. The summed E-state index contributed by atoms with van der Waals surface area (Å²) in [6.07, 6.45) is -0.683. The molecular formula is C11H14O4. The summed E-state index contributed by atoms with van der Waals surface area (Å²) in [6, 6.07) is 5.60. The Labute approximate surface area is 88.8 Å². The molecule has 1 aromatic carbocycles. The third kappa shape index (κ3) is 3.16. The van der Waals surface area contributed by atoms with Crippen molar-refractivity contribution < 1.29 is 19.0 Å². The third-order valence-electron chi connectivity index (χ3n) is 2.07. The van der Waals surface area contributed by atoms with Crippen LogP contribution in [0.15, 0.2) is 18.2 Å². The maximum Gasteiger partial charge on any atom is 0.508 e. The lowest BCUT2D eigenvalue weighted by atomic mass is 10.1. The number of ether oxygens (including phenoxy) is 3. The molecule has 0 aromatic heterocycles. The van der Waals surface area contributed by atoms with Crippen LogP contribution in [0, 0.1) is 6.92 Å². The number of carbonyl (C=O) groups excluding carboxylic acids is 1. The van der Waals surface area contributed by atoms with Gasteiger partial charge in [0.05, 0.1) is 14.2 Å². The number of hydrogen-bond acceptors (Lipinski definition) is 4. The molecule has 0 saturated carbocycles. The first-order chi connectivity index (χ1) is 7.17. The quantitative estimate of drug-likeness (QED) is 0.718. The Bertz CT molecular complexity index is 346. The second-order valence-electron chi connectivity index (χ2n) is 3.04. The van der Waals surface area contributed by atoms with Crippen molar-refractivity contribution in [2.24, 2.45) is 0 Å². The Morgan fingerprint density at radius 2 is 2.07 bits per heavy atom. The molecule has 1 rings (SSSR count). The van der Waals surface area contributed by atoms with E-state index >= 15 is 0 Å². The molecule has 4 nitrogen and oxygen atoms in total. The van der Waals surface area contributed by atoms with Gasteiger partial charge in [0, 0.05) is 0 Å². The van der Waals surface area contributed by atoms with Crippen molar-refractivity contribution in [2.75, 3.05) is 14.2 Å². The molecule has 0 N–H and O–H groups in total. The van der Waals surface area contributed by atoms with Crippen molar-refractivity contribution in [3.63, 3.8) is 0 Å². The van der Waals surface area contributed by atoms with E-state index in [0.29, 0.717) is 0 Å². The van der Waals surface area contributed by atoms with Crippen LogP contribution in [0.3, 0.4) is 0 Å². The van der Waals surface area contributed by atoms with Gasteiger partial charge in [-0.25, -0.2) is 4.79 Å². The van der Waals surface area contributed by atoms with E-state index in [4.69, 9.17) is 9.47 Å². The second-order valence-corrected chi connectivity index (χ2v) is 3.04. The fourth-order valence-corrected chi connectivity index (χ4v) is 1.13. The Morgan fingerprint density at radius 1 is 1.33 bits per heavy atom. The predicted octanol–water partition coefficient (Wildman–Crippen LogP) is 2.29. The number of methoxy groups -OCH3 is 2. The van der Waals surface area contributed by atoms with Gasteiger partial charge >= 0.3 is 6.16 Å². The van der Waals surface area contributed by atoms with Gasteiger partial charge in [-0.3, -0.25) is 0 Å². The van der Waals surface area contributed by atoms with Crippen molar-refractivity contribution in [3.8, 4) is 5.75 Å². The molecule has 0 saturated heterocycles. The molecule has 0 bridgehead atoms. The monoisotopic (exact) mass is 210 g/mol. The van der Waals surface area contributed by atoms with Crippen LogP contribution in [0.5, 0.6) is 5.75 Å². The maximum atomic E-state index is 10.8. The zero-order chi connectivity index (χ0) is 11.3. The molecule has 0 spiro atoms. The van der Waals surface area contributed by atoms with Gasteiger partial charge in [-0.15, -0.1) is 0 Å². The molecule has 82 valence electrons. The van der Waals surface area contributed by atoms with Crippen LogP contribution in [-0.4, -0.2) is 20.4 Å². The van der Waals surface area contributed by atoms with Gasteiger partial charge in [-0.2, -0.15) is 0 Å². The number of benzene rings is 1.